The minimum atomic E-state index is -0.582. The molecule has 1 heterocycles. The number of amides is 2. The van der Waals surface area contributed by atoms with Gasteiger partial charge in [-0.1, -0.05) is 6.07 Å². The lowest BCUT2D eigenvalue weighted by atomic mass is 10.1. The fraction of sp³-hybridized carbons (Fsp3) is 0.263. The predicted octanol–water partition coefficient (Wildman–Crippen LogP) is 3.37. The van der Waals surface area contributed by atoms with E-state index in [4.69, 9.17) is 4.74 Å². The van der Waals surface area contributed by atoms with Crippen LogP contribution in [0.1, 0.15) is 30.1 Å². The highest BCUT2D eigenvalue weighted by atomic mass is 16.6. The fourth-order valence-electron chi connectivity index (χ4n) is 2.95. The molecule has 1 fully saturated rings. The molecule has 2 aromatic carbocycles. The minimum absolute atomic E-state index is 0.0561. The topological polar surface area (TPSA) is 102 Å². The first-order valence-corrected chi connectivity index (χ1v) is 8.62. The first kappa shape index (κ1) is 18.4. The summed E-state index contributed by atoms with van der Waals surface area (Å²) in [6, 6.07) is 11.0. The van der Waals surface area contributed by atoms with Gasteiger partial charge < -0.3 is 15.0 Å². The lowest BCUT2D eigenvalue weighted by molar-refractivity contribution is -0.385. The molecule has 8 heteroatoms. The Morgan fingerprint density at radius 2 is 2.11 bits per heavy atom. The second-order valence-electron chi connectivity index (χ2n) is 6.03. The molecule has 0 radical (unpaired) electrons. The average molecular weight is 369 g/mol. The largest absolute Gasteiger partial charge is 0.487 e. The lowest BCUT2D eigenvalue weighted by Crippen LogP contribution is -2.23. The number of nitrogens with one attached hydrogen (secondary N) is 1. The molecule has 27 heavy (non-hydrogen) atoms. The van der Waals surface area contributed by atoms with Gasteiger partial charge in [-0.15, -0.1) is 0 Å². The smallest absolute Gasteiger partial charge is 0.311 e. The zero-order chi connectivity index (χ0) is 19.4. The van der Waals surface area contributed by atoms with Gasteiger partial charge >= 0.3 is 5.69 Å². The summed E-state index contributed by atoms with van der Waals surface area (Å²) in [4.78, 5) is 36.7. The van der Waals surface area contributed by atoms with Crippen LogP contribution >= 0.6 is 0 Å². The molecule has 3 rings (SSSR count). The SMILES string of the molecule is CCOc1ccc(C(=O)Nc2cccc(N3CCCC3=O)c2)cc1[N+](=O)[O-]. The highest BCUT2D eigenvalue weighted by molar-refractivity contribution is 6.05. The molecule has 140 valence electrons. The Balaban J connectivity index is 1.80. The Kier molecular flexibility index (Phi) is 5.35. The van der Waals surface area contributed by atoms with Gasteiger partial charge in [-0.05, 0) is 43.7 Å². The summed E-state index contributed by atoms with van der Waals surface area (Å²) in [5, 5.41) is 13.9. The molecule has 2 amide bonds. The van der Waals surface area contributed by atoms with E-state index in [2.05, 4.69) is 5.32 Å². The summed E-state index contributed by atoms with van der Waals surface area (Å²) in [6.45, 7) is 2.66. The quantitative estimate of drug-likeness (QED) is 0.621. The third kappa shape index (κ3) is 4.05. The average Bonchev–Trinajstić information content (AvgIpc) is 3.08. The number of hydrogen-bond acceptors (Lipinski definition) is 5. The van der Waals surface area contributed by atoms with Crippen molar-refractivity contribution in [1.29, 1.82) is 0 Å². The molecule has 0 bridgehead atoms. The molecule has 0 saturated carbocycles. The van der Waals surface area contributed by atoms with Gasteiger partial charge in [0.2, 0.25) is 5.91 Å². The second kappa shape index (κ2) is 7.86. The molecule has 0 spiro atoms. The number of anilines is 2. The molecule has 0 aliphatic carbocycles. The number of ether oxygens (including phenoxy) is 1. The standard InChI is InChI=1S/C19H19N3O5/c1-2-27-17-9-8-13(11-16(17)22(25)26)19(24)20-14-5-3-6-15(12-14)21-10-4-7-18(21)23/h3,5-6,8-9,11-12H,2,4,7,10H2,1H3,(H,20,24). The van der Waals surface area contributed by atoms with Crippen molar-refractivity contribution in [2.75, 3.05) is 23.4 Å². The van der Waals surface area contributed by atoms with Crippen LogP contribution in [-0.4, -0.2) is 29.9 Å². The normalized spacial score (nSPS) is 13.5. The van der Waals surface area contributed by atoms with Crippen LogP contribution in [0.25, 0.3) is 0 Å². The monoisotopic (exact) mass is 369 g/mol. The zero-order valence-electron chi connectivity index (χ0n) is 14.8. The zero-order valence-corrected chi connectivity index (χ0v) is 14.8. The van der Waals surface area contributed by atoms with Gasteiger partial charge in [0.1, 0.15) is 0 Å². The molecule has 0 unspecified atom stereocenters. The molecule has 1 N–H and O–H groups in total. The first-order chi connectivity index (χ1) is 13.0. The van der Waals surface area contributed by atoms with Crippen LogP contribution in [0.4, 0.5) is 17.1 Å². The van der Waals surface area contributed by atoms with Crippen molar-refractivity contribution >= 4 is 28.9 Å². The van der Waals surface area contributed by atoms with Gasteiger partial charge in [-0.3, -0.25) is 19.7 Å². The highest BCUT2D eigenvalue weighted by Crippen LogP contribution is 2.29. The van der Waals surface area contributed by atoms with E-state index in [1.54, 1.807) is 36.1 Å². The number of hydrogen-bond donors (Lipinski definition) is 1. The number of nitro groups is 1. The summed E-state index contributed by atoms with van der Waals surface area (Å²) < 4.78 is 5.22. The van der Waals surface area contributed by atoms with E-state index in [-0.39, 0.29) is 29.5 Å². The van der Waals surface area contributed by atoms with Crippen LogP contribution in [0.5, 0.6) is 5.75 Å². The van der Waals surface area contributed by atoms with Crippen LogP contribution in [0.3, 0.4) is 0 Å². The van der Waals surface area contributed by atoms with Gasteiger partial charge in [0.25, 0.3) is 5.91 Å². The van der Waals surface area contributed by atoms with Gasteiger partial charge in [0.05, 0.1) is 11.5 Å². The first-order valence-electron chi connectivity index (χ1n) is 8.62. The van der Waals surface area contributed by atoms with Crippen molar-refractivity contribution in [3.63, 3.8) is 0 Å². The number of nitro benzene ring substituents is 1. The van der Waals surface area contributed by atoms with Gasteiger partial charge in [0.15, 0.2) is 5.75 Å². The van der Waals surface area contributed by atoms with Crippen LogP contribution in [0, 0.1) is 10.1 Å². The third-order valence-corrected chi connectivity index (χ3v) is 4.21. The summed E-state index contributed by atoms with van der Waals surface area (Å²) in [7, 11) is 0. The van der Waals surface area contributed by atoms with E-state index in [0.717, 1.165) is 6.42 Å². The molecule has 8 nitrogen and oxygen atoms in total. The number of carbonyl (C=O) groups is 2. The molecule has 0 atom stereocenters. The molecular weight excluding hydrogens is 350 g/mol. The summed E-state index contributed by atoms with van der Waals surface area (Å²) >= 11 is 0. The minimum Gasteiger partial charge on any atom is -0.487 e. The lowest BCUT2D eigenvalue weighted by Gasteiger charge is -2.16. The van der Waals surface area contributed by atoms with Crippen LogP contribution in [0.2, 0.25) is 0 Å². The maximum Gasteiger partial charge on any atom is 0.311 e. The predicted molar refractivity (Wildman–Crippen MR) is 100 cm³/mol. The van der Waals surface area contributed by atoms with Crippen molar-refractivity contribution in [2.45, 2.75) is 19.8 Å². The van der Waals surface area contributed by atoms with Crippen molar-refractivity contribution in [2.24, 2.45) is 0 Å². The van der Waals surface area contributed by atoms with Crippen molar-refractivity contribution in [3.05, 3.63) is 58.1 Å². The van der Waals surface area contributed by atoms with E-state index in [1.165, 1.54) is 18.2 Å². The van der Waals surface area contributed by atoms with Crippen molar-refractivity contribution in [3.8, 4) is 5.75 Å². The summed E-state index contributed by atoms with van der Waals surface area (Å²) in [6.07, 6.45) is 1.33. The van der Waals surface area contributed by atoms with E-state index in [9.17, 15) is 19.7 Å². The van der Waals surface area contributed by atoms with Crippen LogP contribution in [-0.2, 0) is 4.79 Å². The number of nitrogens with zero attached hydrogens (tertiary/aromatic N) is 2. The molecule has 1 aliphatic heterocycles. The fourth-order valence-corrected chi connectivity index (χ4v) is 2.95. The van der Waals surface area contributed by atoms with Gasteiger partial charge in [-0.2, -0.15) is 0 Å². The summed E-state index contributed by atoms with van der Waals surface area (Å²) in [5.74, 6) is -0.305. The van der Waals surface area contributed by atoms with E-state index >= 15 is 0 Å². The highest BCUT2D eigenvalue weighted by Gasteiger charge is 2.22. The maximum absolute atomic E-state index is 12.5. The van der Waals surface area contributed by atoms with Crippen molar-refractivity contribution < 1.29 is 19.2 Å². The Morgan fingerprint density at radius 3 is 2.78 bits per heavy atom. The van der Waals surface area contributed by atoms with Crippen LogP contribution < -0.4 is 15.0 Å². The molecule has 1 saturated heterocycles. The summed E-state index contributed by atoms with van der Waals surface area (Å²) in [5.41, 5.74) is 1.11. The second-order valence-corrected chi connectivity index (χ2v) is 6.03. The Hall–Kier alpha value is -3.42. The van der Waals surface area contributed by atoms with E-state index < -0.39 is 10.8 Å². The maximum atomic E-state index is 12.5. The van der Waals surface area contributed by atoms with E-state index in [0.29, 0.717) is 24.3 Å². The molecule has 2 aromatic rings. The number of rotatable bonds is 6. The number of carbonyl (C=O) groups excluding carboxylic acids is 2. The Bertz CT molecular complexity index is 897. The van der Waals surface area contributed by atoms with Gasteiger partial charge in [-0.25, -0.2) is 0 Å². The molecule has 1 aliphatic rings. The van der Waals surface area contributed by atoms with Crippen molar-refractivity contribution in [1.82, 2.24) is 0 Å². The van der Waals surface area contributed by atoms with Gasteiger partial charge in [0, 0.05) is 36.0 Å². The molecular formula is C19H19N3O5. The van der Waals surface area contributed by atoms with E-state index in [1.807, 2.05) is 0 Å². The number of benzene rings is 2. The molecule has 0 aromatic heterocycles. The third-order valence-electron chi connectivity index (χ3n) is 4.21. The van der Waals surface area contributed by atoms with Crippen LogP contribution in [0.15, 0.2) is 42.5 Å². The Morgan fingerprint density at radius 1 is 1.30 bits per heavy atom. The Labute approximate surface area is 155 Å².